The smallest absolute Gasteiger partial charge is 0.267 e. The summed E-state index contributed by atoms with van der Waals surface area (Å²) in [6, 6.07) is 28.2. The van der Waals surface area contributed by atoms with E-state index in [2.05, 4.69) is 21.3 Å². The van der Waals surface area contributed by atoms with Gasteiger partial charge in [0, 0.05) is 50.1 Å². The summed E-state index contributed by atoms with van der Waals surface area (Å²) < 4.78 is 62.3. The standard InChI is InChI=1S/C63H80F4N8O6/c1-43(69-3)57(77)71-56(49-22-14-7-15-23-49)61(81)75-42-63(66,67)37-53(75)40-73(35-33-45-18-10-5-11-19-45)59(79)51-30-26-47(27-31-51)46-24-28-50(29-25-46)58(78)72(34-32-44-16-8-4-9-17-44)39-52-36-62(64,65)41-74(52)60(80)55(70-54(76)38-68-2)48-20-12-6-13-21-48/h4-5,8-11,16-19,24-31,43,48-49,52-53,55-56,68-69H,6-7,12-15,20-23,32-42H2,1-3H3,(H,70,76)(H,71,77)/t43-,52?,53?,55?,56?/m0/s1. The van der Waals surface area contributed by atoms with Gasteiger partial charge in [-0.25, -0.2) is 17.6 Å². The van der Waals surface area contributed by atoms with Crippen LogP contribution in [0.15, 0.2) is 109 Å². The quantitative estimate of drug-likeness (QED) is 0.0541. The molecule has 4 aromatic carbocycles. The number of likely N-dealkylation sites (tertiary alicyclic amines) is 2. The van der Waals surface area contributed by atoms with Crippen LogP contribution in [0.5, 0.6) is 0 Å². The Bertz CT molecular complexity index is 2740. The minimum atomic E-state index is -3.21. The first-order valence-electron chi connectivity index (χ1n) is 29.1. The normalized spacial score (nSPS) is 20.2. The van der Waals surface area contributed by atoms with Crippen LogP contribution >= 0.6 is 0 Å². The molecule has 4 fully saturated rings. The first-order chi connectivity index (χ1) is 38.9. The molecule has 0 spiro atoms. The van der Waals surface area contributed by atoms with Crippen LogP contribution in [-0.4, -0.2) is 157 Å². The maximum Gasteiger partial charge on any atom is 0.267 e. The molecule has 8 rings (SSSR count). The maximum absolute atomic E-state index is 15.6. The van der Waals surface area contributed by atoms with Gasteiger partial charge >= 0.3 is 0 Å². The van der Waals surface area contributed by atoms with Crippen LogP contribution in [0.2, 0.25) is 0 Å². The second-order valence-corrected chi connectivity index (χ2v) is 22.9. The van der Waals surface area contributed by atoms with Crippen LogP contribution in [0, 0.1) is 11.8 Å². The van der Waals surface area contributed by atoms with Crippen LogP contribution in [0.25, 0.3) is 11.1 Å². The average Bonchev–Trinajstić information content (AvgIpc) is 4.24. The van der Waals surface area contributed by atoms with E-state index in [0.29, 0.717) is 49.7 Å². The van der Waals surface area contributed by atoms with E-state index in [1.165, 1.54) is 19.6 Å². The predicted molar refractivity (Wildman–Crippen MR) is 304 cm³/mol. The Labute approximate surface area is 474 Å². The Hall–Kier alpha value is -6.66. The third-order valence-corrected chi connectivity index (χ3v) is 16.9. The van der Waals surface area contributed by atoms with Gasteiger partial charge in [0.2, 0.25) is 23.6 Å². The monoisotopic (exact) mass is 1120 g/mol. The van der Waals surface area contributed by atoms with Gasteiger partial charge in [0.1, 0.15) is 12.1 Å². The van der Waals surface area contributed by atoms with Gasteiger partial charge in [-0.3, -0.25) is 28.8 Å². The van der Waals surface area contributed by atoms with Gasteiger partial charge in [0.05, 0.1) is 37.8 Å². The molecule has 2 saturated heterocycles. The van der Waals surface area contributed by atoms with E-state index in [1.54, 1.807) is 69.6 Å². The Balaban J connectivity index is 1.00. The van der Waals surface area contributed by atoms with Gasteiger partial charge in [-0.05, 0) is 118 Å². The highest BCUT2D eigenvalue weighted by atomic mass is 19.3. The molecule has 4 N–H and O–H groups in total. The molecule has 4 aliphatic rings. The Morgan fingerprint density at radius 1 is 0.556 bits per heavy atom. The lowest BCUT2D eigenvalue weighted by molar-refractivity contribution is -0.140. The molecule has 4 unspecified atom stereocenters. The largest absolute Gasteiger partial charge is 0.343 e. The topological polar surface area (TPSA) is 163 Å². The van der Waals surface area contributed by atoms with E-state index in [9.17, 15) is 28.8 Å². The molecular weight excluding hydrogens is 1040 g/mol. The van der Waals surface area contributed by atoms with Crippen LogP contribution in [0.4, 0.5) is 17.6 Å². The number of amides is 6. The molecule has 2 saturated carbocycles. The van der Waals surface area contributed by atoms with Crippen molar-refractivity contribution in [2.24, 2.45) is 11.8 Å². The minimum absolute atomic E-state index is 0.0305. The predicted octanol–water partition coefficient (Wildman–Crippen LogP) is 8.15. The summed E-state index contributed by atoms with van der Waals surface area (Å²) in [5.74, 6) is -9.53. The molecule has 5 atom stereocenters. The highest BCUT2D eigenvalue weighted by molar-refractivity contribution is 5.96. The second kappa shape index (κ2) is 27.9. The van der Waals surface area contributed by atoms with E-state index in [4.69, 9.17) is 0 Å². The number of halogens is 4. The number of carbonyl (C=O) groups is 6. The summed E-state index contributed by atoms with van der Waals surface area (Å²) in [7, 11) is 3.25. The zero-order valence-corrected chi connectivity index (χ0v) is 47.0. The molecule has 0 aromatic heterocycles. The van der Waals surface area contributed by atoms with E-state index >= 15 is 17.6 Å². The van der Waals surface area contributed by atoms with Crippen molar-refractivity contribution in [1.29, 1.82) is 0 Å². The number of alkyl halides is 4. The molecule has 0 radical (unpaired) electrons. The number of carbonyl (C=O) groups excluding carboxylic acids is 6. The Kier molecular flexibility index (Phi) is 20.8. The van der Waals surface area contributed by atoms with Crippen molar-refractivity contribution in [1.82, 2.24) is 40.9 Å². The summed E-state index contributed by atoms with van der Waals surface area (Å²) >= 11 is 0. The summed E-state index contributed by atoms with van der Waals surface area (Å²) in [5.41, 5.74) is 3.93. The van der Waals surface area contributed by atoms with Crippen LogP contribution in [0.1, 0.15) is 116 Å². The molecule has 4 aromatic rings. The van der Waals surface area contributed by atoms with Crippen molar-refractivity contribution < 1.29 is 46.3 Å². The zero-order chi connectivity index (χ0) is 57.7. The molecule has 6 amide bonds. The van der Waals surface area contributed by atoms with Gasteiger partial charge in [-0.2, -0.15) is 0 Å². The van der Waals surface area contributed by atoms with Crippen molar-refractivity contribution >= 4 is 35.4 Å². The summed E-state index contributed by atoms with van der Waals surface area (Å²) in [6.45, 7) is 0.0752. The lowest BCUT2D eigenvalue weighted by atomic mass is 9.83. The number of hydrogen-bond donors (Lipinski definition) is 4. The number of likely N-dealkylation sites (N-methyl/N-ethyl adjacent to an activating group) is 2. The number of nitrogens with one attached hydrogen (secondary N) is 4. The molecule has 2 aliphatic carbocycles. The van der Waals surface area contributed by atoms with Crippen molar-refractivity contribution in [3.05, 3.63) is 131 Å². The SMILES string of the molecule is CNCC(=O)NC(C(=O)N1CC(F)(F)CC1CN(CCc1ccccc1)C(=O)c1ccc(-c2ccc(C(=O)N(CCc3ccccc3)CC3CC(F)(F)CN3C(=O)C(NC(=O)[C@H](C)NC)C3CCCCC3)cc2)cc1)C1CCCCC1. The van der Waals surface area contributed by atoms with Gasteiger partial charge in [0.15, 0.2) is 0 Å². The summed E-state index contributed by atoms with van der Waals surface area (Å²) in [5, 5.41) is 11.5. The summed E-state index contributed by atoms with van der Waals surface area (Å²) in [4.78, 5) is 89.8. The van der Waals surface area contributed by atoms with Crippen molar-refractivity contribution in [2.45, 2.75) is 139 Å². The van der Waals surface area contributed by atoms with E-state index in [0.717, 1.165) is 60.8 Å². The van der Waals surface area contributed by atoms with Crippen molar-refractivity contribution in [3.8, 4) is 11.1 Å². The van der Waals surface area contributed by atoms with E-state index in [1.807, 2.05) is 60.7 Å². The molecular formula is C63H80F4N8O6. The second-order valence-electron chi connectivity index (χ2n) is 22.9. The molecule has 2 aliphatic heterocycles. The third kappa shape index (κ3) is 16.1. The van der Waals surface area contributed by atoms with E-state index < -0.39 is 97.5 Å². The Morgan fingerprint density at radius 2 is 0.951 bits per heavy atom. The van der Waals surface area contributed by atoms with Gasteiger partial charge < -0.3 is 40.9 Å². The average molecular weight is 1120 g/mol. The number of benzene rings is 4. The lowest BCUT2D eigenvalue weighted by Gasteiger charge is -2.36. The van der Waals surface area contributed by atoms with E-state index in [-0.39, 0.29) is 50.5 Å². The fourth-order valence-electron chi connectivity index (χ4n) is 12.3. The summed E-state index contributed by atoms with van der Waals surface area (Å²) in [6.07, 6.45) is 7.82. The van der Waals surface area contributed by atoms with Crippen LogP contribution in [0.3, 0.4) is 0 Å². The molecule has 18 heteroatoms. The molecule has 81 heavy (non-hydrogen) atoms. The number of nitrogens with zero attached hydrogens (tertiary/aromatic N) is 4. The first kappa shape index (κ1) is 60.4. The van der Waals surface area contributed by atoms with Crippen molar-refractivity contribution in [2.75, 3.05) is 59.9 Å². The maximum atomic E-state index is 15.6. The molecule has 436 valence electrons. The minimum Gasteiger partial charge on any atom is -0.343 e. The highest BCUT2D eigenvalue weighted by Crippen LogP contribution is 2.38. The van der Waals surface area contributed by atoms with Crippen LogP contribution < -0.4 is 21.3 Å². The zero-order valence-electron chi connectivity index (χ0n) is 47.0. The molecule has 14 nitrogen and oxygen atoms in total. The number of rotatable bonds is 23. The van der Waals surface area contributed by atoms with Crippen LogP contribution in [-0.2, 0) is 32.0 Å². The Morgan fingerprint density at radius 3 is 1.33 bits per heavy atom. The lowest BCUT2D eigenvalue weighted by Crippen LogP contribution is -2.57. The van der Waals surface area contributed by atoms with Crippen molar-refractivity contribution in [3.63, 3.8) is 0 Å². The van der Waals surface area contributed by atoms with Gasteiger partial charge in [-0.1, -0.05) is 123 Å². The fourth-order valence-corrected chi connectivity index (χ4v) is 12.3. The fraction of sp³-hybridized carbons (Fsp3) is 0.524. The van der Waals surface area contributed by atoms with Gasteiger partial charge in [0.25, 0.3) is 23.7 Å². The highest BCUT2D eigenvalue weighted by Gasteiger charge is 2.52. The number of hydrogen-bond acceptors (Lipinski definition) is 8. The molecule has 2 heterocycles. The third-order valence-electron chi connectivity index (χ3n) is 16.9. The van der Waals surface area contributed by atoms with Gasteiger partial charge in [-0.15, -0.1) is 0 Å². The first-order valence-corrected chi connectivity index (χ1v) is 29.1. The molecule has 0 bridgehead atoms.